The first-order chi connectivity index (χ1) is 10.9. The summed E-state index contributed by atoms with van der Waals surface area (Å²) in [5, 5.41) is 2.16. The van der Waals surface area contributed by atoms with Gasteiger partial charge in [-0.15, -0.1) is 0 Å². The molecule has 0 aliphatic carbocycles. The molecule has 106 valence electrons. The molecule has 4 rings (SSSR count). The molecule has 2 aromatic carbocycles. The van der Waals surface area contributed by atoms with Crippen molar-refractivity contribution in [3.05, 3.63) is 84.2 Å². The molecule has 2 aromatic heterocycles. The number of hydrogen-bond donors (Lipinski definition) is 0. The summed E-state index contributed by atoms with van der Waals surface area (Å²) in [6.45, 7) is 0. The monoisotopic (exact) mass is 366 g/mol. The van der Waals surface area contributed by atoms with Gasteiger partial charge in [-0.1, -0.05) is 0 Å². The van der Waals surface area contributed by atoms with Gasteiger partial charge in [-0.3, -0.25) is 0 Å². The Bertz CT molecular complexity index is 802. The minimum absolute atomic E-state index is 0.359. The van der Waals surface area contributed by atoms with Crippen LogP contribution in [-0.2, 0) is 0 Å². The molecule has 22 heavy (non-hydrogen) atoms. The summed E-state index contributed by atoms with van der Waals surface area (Å²) in [5.41, 5.74) is 4.05. The summed E-state index contributed by atoms with van der Waals surface area (Å²) >= 11 is 2.19. The number of rotatable bonds is 3. The van der Waals surface area contributed by atoms with E-state index in [1.807, 2.05) is 11.3 Å². The molecular weight excluding hydrogens is 351 g/mol. The van der Waals surface area contributed by atoms with Gasteiger partial charge in [0, 0.05) is 0 Å². The molecule has 0 atom stereocenters. The van der Waals surface area contributed by atoms with Crippen molar-refractivity contribution in [1.82, 2.24) is 0 Å². The van der Waals surface area contributed by atoms with Crippen molar-refractivity contribution in [2.75, 3.05) is 0 Å². The van der Waals surface area contributed by atoms with Crippen LogP contribution in [-0.4, -0.2) is 14.5 Å². The Labute approximate surface area is 140 Å². The second kappa shape index (κ2) is 6.10. The normalized spacial score (nSPS) is 10.7. The number of hydrogen-bond acceptors (Lipinski definition) is 1. The molecule has 0 bridgehead atoms. The van der Waals surface area contributed by atoms with E-state index >= 15 is 0 Å². The molecule has 2 heteroatoms. The van der Waals surface area contributed by atoms with Crippen LogP contribution in [0.4, 0.5) is 0 Å². The Morgan fingerprint density at radius 3 is 2.00 bits per heavy atom. The van der Waals surface area contributed by atoms with Gasteiger partial charge in [-0.25, -0.2) is 0 Å². The van der Waals surface area contributed by atoms with Crippen molar-refractivity contribution in [2.24, 2.45) is 0 Å². The molecule has 0 aliphatic heterocycles. The molecule has 0 amide bonds. The minimum atomic E-state index is 0.359. The van der Waals surface area contributed by atoms with E-state index in [-0.39, 0.29) is 0 Å². The molecule has 0 radical (unpaired) electrons. The van der Waals surface area contributed by atoms with Gasteiger partial charge >= 0.3 is 141 Å². The third kappa shape index (κ3) is 2.62. The van der Waals surface area contributed by atoms with Crippen molar-refractivity contribution < 1.29 is 0 Å². The molecule has 0 saturated carbocycles. The predicted molar refractivity (Wildman–Crippen MR) is 97.6 cm³/mol. The zero-order valence-corrected chi connectivity index (χ0v) is 14.4. The van der Waals surface area contributed by atoms with E-state index in [9.17, 15) is 0 Å². The quantitative estimate of drug-likeness (QED) is 0.402. The van der Waals surface area contributed by atoms with E-state index in [0.717, 1.165) is 0 Å². The maximum atomic E-state index is 2.39. The first kappa shape index (κ1) is 13.8. The predicted octanol–water partition coefficient (Wildman–Crippen LogP) is 5.81. The van der Waals surface area contributed by atoms with E-state index < -0.39 is 0 Å². The van der Waals surface area contributed by atoms with Crippen LogP contribution in [0.25, 0.3) is 30.4 Å². The maximum absolute atomic E-state index is 2.39. The molecule has 0 N–H and O–H groups in total. The Morgan fingerprint density at radius 2 is 1.36 bits per heavy atom. The average Bonchev–Trinajstić information content (AvgIpc) is 3.26. The summed E-state index contributed by atoms with van der Waals surface area (Å²) in [5.74, 6) is 0. The molecule has 0 fully saturated rings. The SMILES string of the molecule is c1ccc(-c2cc(-c3cccs3)[se]c2-c2ccccc2)cc1. The van der Waals surface area contributed by atoms with Gasteiger partial charge in [0.2, 0.25) is 0 Å². The van der Waals surface area contributed by atoms with Gasteiger partial charge in [-0.05, 0) is 0 Å². The fourth-order valence-electron chi connectivity index (χ4n) is 2.57. The van der Waals surface area contributed by atoms with Crippen molar-refractivity contribution in [1.29, 1.82) is 0 Å². The molecule has 0 unspecified atom stereocenters. The third-order valence-electron chi connectivity index (χ3n) is 3.62. The van der Waals surface area contributed by atoms with Crippen LogP contribution >= 0.6 is 11.3 Å². The average molecular weight is 365 g/mol. The van der Waals surface area contributed by atoms with Crippen LogP contribution in [0, 0.1) is 0 Å². The van der Waals surface area contributed by atoms with E-state index in [0.29, 0.717) is 14.5 Å². The van der Waals surface area contributed by atoms with Crippen molar-refractivity contribution in [3.63, 3.8) is 0 Å². The van der Waals surface area contributed by atoms with E-state index in [4.69, 9.17) is 0 Å². The van der Waals surface area contributed by atoms with Crippen LogP contribution in [0.15, 0.2) is 84.2 Å². The molecule has 0 spiro atoms. The molecule has 2 heterocycles. The van der Waals surface area contributed by atoms with Gasteiger partial charge in [0.15, 0.2) is 0 Å². The first-order valence-corrected chi connectivity index (χ1v) is 9.79. The zero-order chi connectivity index (χ0) is 14.8. The molecule has 0 nitrogen and oxygen atoms in total. The van der Waals surface area contributed by atoms with Crippen molar-refractivity contribution in [2.45, 2.75) is 0 Å². The second-order valence-corrected chi connectivity index (χ2v) is 8.22. The summed E-state index contributed by atoms with van der Waals surface area (Å²) in [4.78, 5) is 1.40. The Morgan fingerprint density at radius 1 is 0.682 bits per heavy atom. The standard InChI is InChI=1S/C20H14SSe/c1-3-8-15(9-4-1)17-14-19(18-12-7-13-21-18)22-20(17)16-10-5-2-6-11-16/h1-14H. The summed E-state index contributed by atoms with van der Waals surface area (Å²) in [7, 11) is 0. The van der Waals surface area contributed by atoms with E-state index in [2.05, 4.69) is 84.2 Å². The Balaban J connectivity index is 1.92. The third-order valence-corrected chi connectivity index (χ3v) is 7.37. The van der Waals surface area contributed by atoms with Gasteiger partial charge in [0.1, 0.15) is 0 Å². The van der Waals surface area contributed by atoms with Crippen LogP contribution in [0.3, 0.4) is 0 Å². The van der Waals surface area contributed by atoms with Gasteiger partial charge < -0.3 is 0 Å². The Hall–Kier alpha value is -1.86. The summed E-state index contributed by atoms with van der Waals surface area (Å²) < 4.78 is 2.97. The molecular formula is C20H14SSe. The zero-order valence-electron chi connectivity index (χ0n) is 11.9. The van der Waals surface area contributed by atoms with Crippen molar-refractivity contribution >= 4 is 25.8 Å². The molecule has 4 aromatic rings. The summed E-state index contributed by atoms with van der Waals surface area (Å²) in [6.07, 6.45) is 0. The van der Waals surface area contributed by atoms with E-state index in [1.54, 1.807) is 0 Å². The van der Waals surface area contributed by atoms with Gasteiger partial charge in [-0.2, -0.15) is 0 Å². The summed E-state index contributed by atoms with van der Waals surface area (Å²) in [6, 6.07) is 28.3. The van der Waals surface area contributed by atoms with Crippen molar-refractivity contribution in [3.8, 4) is 30.4 Å². The fourth-order valence-corrected chi connectivity index (χ4v) is 6.04. The first-order valence-electron chi connectivity index (χ1n) is 7.20. The molecule has 0 aliphatic rings. The number of thiophene rings is 1. The second-order valence-electron chi connectivity index (χ2n) is 5.06. The van der Waals surface area contributed by atoms with Crippen LogP contribution in [0.2, 0.25) is 0 Å². The topological polar surface area (TPSA) is 0 Å². The van der Waals surface area contributed by atoms with Crippen LogP contribution in [0.1, 0.15) is 0 Å². The van der Waals surface area contributed by atoms with Gasteiger partial charge in [0.25, 0.3) is 0 Å². The van der Waals surface area contributed by atoms with Crippen LogP contribution < -0.4 is 0 Å². The Kier molecular flexibility index (Phi) is 3.82. The van der Waals surface area contributed by atoms with Gasteiger partial charge in [0.05, 0.1) is 0 Å². The van der Waals surface area contributed by atoms with E-state index in [1.165, 1.54) is 30.4 Å². The fraction of sp³-hybridized carbons (Fsp3) is 0. The number of benzene rings is 2. The van der Waals surface area contributed by atoms with Crippen LogP contribution in [0.5, 0.6) is 0 Å². The molecule has 0 saturated heterocycles.